The molecule has 0 saturated carbocycles. The lowest BCUT2D eigenvalue weighted by atomic mass is 10.1. The summed E-state index contributed by atoms with van der Waals surface area (Å²) in [4.78, 5) is 31.3. The summed E-state index contributed by atoms with van der Waals surface area (Å²) in [5.41, 5.74) is 1.96. The predicted molar refractivity (Wildman–Crippen MR) is 108 cm³/mol. The molecular weight excluding hydrogens is 406 g/mol. The second-order valence-corrected chi connectivity index (χ2v) is 7.98. The molecule has 0 aromatic heterocycles. The van der Waals surface area contributed by atoms with Gasteiger partial charge in [0.2, 0.25) is 5.91 Å². The zero-order chi connectivity index (χ0) is 18.8. The molecule has 2 fully saturated rings. The minimum absolute atomic E-state index is 0.0983. The Balaban J connectivity index is 1.38. The van der Waals surface area contributed by atoms with Crippen molar-refractivity contribution in [3.63, 3.8) is 0 Å². The van der Waals surface area contributed by atoms with E-state index in [0.717, 1.165) is 37.2 Å². The van der Waals surface area contributed by atoms with Crippen LogP contribution in [0.25, 0.3) is 0 Å². The number of benzene rings is 2. The van der Waals surface area contributed by atoms with E-state index in [2.05, 4.69) is 50.0 Å². The van der Waals surface area contributed by atoms with E-state index in [-0.39, 0.29) is 24.3 Å². The Morgan fingerprint density at radius 3 is 2.22 bits per heavy atom. The summed E-state index contributed by atoms with van der Waals surface area (Å²) in [5.74, 6) is -0.210. The van der Waals surface area contributed by atoms with Crippen LogP contribution in [-0.2, 0) is 16.1 Å². The summed E-state index contributed by atoms with van der Waals surface area (Å²) in [5, 5.41) is 0. The first-order chi connectivity index (χ1) is 13.1. The molecule has 2 aliphatic heterocycles. The maximum atomic E-state index is 12.9. The fourth-order valence-corrected chi connectivity index (χ4v) is 4.10. The van der Waals surface area contributed by atoms with Crippen molar-refractivity contribution < 1.29 is 9.59 Å². The third-order valence-corrected chi connectivity index (χ3v) is 5.83. The van der Waals surface area contributed by atoms with Gasteiger partial charge >= 0.3 is 0 Å². The molecule has 0 unspecified atom stereocenters. The van der Waals surface area contributed by atoms with E-state index in [1.54, 1.807) is 12.1 Å². The first-order valence-electron chi connectivity index (χ1n) is 9.24. The fraction of sp³-hybridized carbons (Fsp3) is 0.333. The number of carbonyl (C=O) groups excluding carboxylic acids is 2. The Morgan fingerprint density at radius 1 is 0.889 bits per heavy atom. The number of hydrogen-bond acceptors (Lipinski definition) is 4. The maximum Gasteiger partial charge on any atom is 0.251 e. The van der Waals surface area contributed by atoms with Crippen molar-refractivity contribution in [2.24, 2.45) is 0 Å². The SMILES string of the molecule is O=C1C[C@H](N2CCN(Cc3ccccc3)CC2)C(=O)N1c1ccc(Br)cc1. The van der Waals surface area contributed by atoms with Crippen molar-refractivity contribution >= 4 is 33.4 Å². The number of amides is 2. The Hall–Kier alpha value is -2.02. The highest BCUT2D eigenvalue weighted by molar-refractivity contribution is 9.10. The Morgan fingerprint density at radius 2 is 1.56 bits per heavy atom. The molecule has 6 heteroatoms. The van der Waals surface area contributed by atoms with Crippen molar-refractivity contribution in [3.05, 3.63) is 64.6 Å². The van der Waals surface area contributed by atoms with Crippen LogP contribution in [0.1, 0.15) is 12.0 Å². The lowest BCUT2D eigenvalue weighted by molar-refractivity contribution is -0.123. The van der Waals surface area contributed by atoms with Gasteiger partial charge in [-0.25, -0.2) is 4.90 Å². The van der Waals surface area contributed by atoms with Gasteiger partial charge in [-0.2, -0.15) is 0 Å². The van der Waals surface area contributed by atoms with Crippen molar-refractivity contribution in [2.75, 3.05) is 31.1 Å². The number of imide groups is 1. The highest BCUT2D eigenvalue weighted by Gasteiger charge is 2.43. The van der Waals surface area contributed by atoms with Gasteiger partial charge < -0.3 is 0 Å². The van der Waals surface area contributed by atoms with Gasteiger partial charge in [0, 0.05) is 37.2 Å². The van der Waals surface area contributed by atoms with Gasteiger partial charge in [-0.3, -0.25) is 19.4 Å². The van der Waals surface area contributed by atoms with Crippen molar-refractivity contribution in [1.29, 1.82) is 0 Å². The van der Waals surface area contributed by atoms with Gasteiger partial charge in [-0.1, -0.05) is 46.3 Å². The summed E-state index contributed by atoms with van der Waals surface area (Å²) in [7, 11) is 0. The van der Waals surface area contributed by atoms with Crippen LogP contribution in [0.4, 0.5) is 5.69 Å². The first kappa shape index (κ1) is 18.3. The minimum atomic E-state index is -0.333. The molecule has 1 atom stereocenters. The summed E-state index contributed by atoms with van der Waals surface area (Å²) in [6, 6.07) is 17.4. The Labute approximate surface area is 167 Å². The average molecular weight is 428 g/mol. The molecule has 0 bridgehead atoms. The van der Waals surface area contributed by atoms with E-state index in [4.69, 9.17) is 0 Å². The molecule has 2 aromatic rings. The number of rotatable bonds is 4. The number of nitrogens with zero attached hydrogens (tertiary/aromatic N) is 3. The lowest BCUT2D eigenvalue weighted by Crippen LogP contribution is -2.52. The zero-order valence-corrected chi connectivity index (χ0v) is 16.6. The van der Waals surface area contributed by atoms with Gasteiger partial charge in [-0.15, -0.1) is 0 Å². The molecule has 5 nitrogen and oxygen atoms in total. The van der Waals surface area contributed by atoms with Crippen molar-refractivity contribution in [1.82, 2.24) is 9.80 Å². The van der Waals surface area contributed by atoms with Crippen molar-refractivity contribution in [2.45, 2.75) is 19.0 Å². The topological polar surface area (TPSA) is 43.9 Å². The standard InChI is InChI=1S/C21H22BrN3O2/c22-17-6-8-18(9-7-17)25-20(26)14-19(21(25)27)24-12-10-23(11-13-24)15-16-4-2-1-3-5-16/h1-9,19H,10-15H2/t19-/m0/s1. The van der Waals surface area contributed by atoms with Crippen LogP contribution in [0.3, 0.4) is 0 Å². The first-order valence-corrected chi connectivity index (χ1v) is 10.0. The Bertz CT molecular complexity index is 817. The van der Waals surface area contributed by atoms with Gasteiger partial charge in [0.15, 0.2) is 0 Å². The molecule has 0 radical (unpaired) electrons. The van der Waals surface area contributed by atoms with Gasteiger partial charge in [-0.05, 0) is 29.8 Å². The van der Waals surface area contributed by atoms with E-state index in [9.17, 15) is 9.59 Å². The average Bonchev–Trinajstić information content (AvgIpc) is 2.98. The summed E-state index contributed by atoms with van der Waals surface area (Å²) >= 11 is 3.39. The van der Waals surface area contributed by atoms with Crippen LogP contribution in [-0.4, -0.2) is 53.8 Å². The second-order valence-electron chi connectivity index (χ2n) is 7.06. The number of hydrogen-bond donors (Lipinski definition) is 0. The lowest BCUT2D eigenvalue weighted by Gasteiger charge is -2.37. The van der Waals surface area contributed by atoms with Crippen LogP contribution in [0, 0.1) is 0 Å². The smallest absolute Gasteiger partial charge is 0.251 e. The highest BCUT2D eigenvalue weighted by atomic mass is 79.9. The van der Waals surface area contributed by atoms with Crippen LogP contribution < -0.4 is 4.90 Å². The second kappa shape index (κ2) is 7.92. The van der Waals surface area contributed by atoms with E-state index in [1.807, 2.05) is 18.2 Å². The highest BCUT2D eigenvalue weighted by Crippen LogP contribution is 2.27. The molecule has 2 heterocycles. The van der Waals surface area contributed by atoms with E-state index < -0.39 is 0 Å². The van der Waals surface area contributed by atoms with E-state index in [0.29, 0.717) is 5.69 Å². The van der Waals surface area contributed by atoms with Crippen molar-refractivity contribution in [3.8, 4) is 0 Å². The predicted octanol–water partition coefficient (Wildman–Crippen LogP) is 2.90. The number of carbonyl (C=O) groups is 2. The number of piperazine rings is 1. The van der Waals surface area contributed by atoms with E-state index in [1.165, 1.54) is 10.5 Å². The van der Waals surface area contributed by atoms with Gasteiger partial charge in [0.25, 0.3) is 5.91 Å². The van der Waals surface area contributed by atoms with Crippen LogP contribution in [0.2, 0.25) is 0 Å². The van der Waals surface area contributed by atoms with Crippen LogP contribution in [0.15, 0.2) is 59.1 Å². The molecule has 140 valence electrons. The minimum Gasteiger partial charge on any atom is -0.297 e. The molecule has 0 aliphatic carbocycles. The number of halogens is 1. The van der Waals surface area contributed by atoms with Crippen LogP contribution >= 0.6 is 15.9 Å². The van der Waals surface area contributed by atoms with Gasteiger partial charge in [0.1, 0.15) is 0 Å². The third-order valence-electron chi connectivity index (χ3n) is 5.30. The Kier molecular flexibility index (Phi) is 5.38. The monoisotopic (exact) mass is 427 g/mol. The molecule has 2 amide bonds. The molecule has 0 spiro atoms. The largest absolute Gasteiger partial charge is 0.297 e. The molecule has 2 aliphatic rings. The molecular formula is C21H22BrN3O2. The zero-order valence-electron chi connectivity index (χ0n) is 15.1. The maximum absolute atomic E-state index is 12.9. The normalized spacial score (nSPS) is 21.8. The molecule has 2 saturated heterocycles. The van der Waals surface area contributed by atoms with E-state index >= 15 is 0 Å². The van der Waals surface area contributed by atoms with Crippen LogP contribution in [0.5, 0.6) is 0 Å². The summed E-state index contributed by atoms with van der Waals surface area (Å²) in [6.45, 7) is 4.36. The molecule has 2 aromatic carbocycles. The summed E-state index contributed by atoms with van der Waals surface area (Å²) in [6.07, 6.45) is 0.271. The quantitative estimate of drug-likeness (QED) is 0.703. The molecule has 4 rings (SSSR count). The van der Waals surface area contributed by atoms with Gasteiger partial charge in [0.05, 0.1) is 18.2 Å². The summed E-state index contributed by atoms with van der Waals surface area (Å²) < 4.78 is 0.927. The number of anilines is 1. The molecule has 0 N–H and O–H groups in total. The third kappa shape index (κ3) is 3.98. The molecule has 27 heavy (non-hydrogen) atoms. The fourth-order valence-electron chi connectivity index (χ4n) is 3.84.